The number of nitrogens with zero attached hydrogens (tertiary/aromatic N) is 4. The quantitative estimate of drug-likeness (QED) is 0.800. The Morgan fingerprint density at radius 2 is 1.79 bits per heavy atom. The van der Waals surface area contributed by atoms with E-state index < -0.39 is 0 Å². The number of benzene rings is 1. The first-order valence-electron chi connectivity index (χ1n) is 9.08. The van der Waals surface area contributed by atoms with Gasteiger partial charge in [0.1, 0.15) is 0 Å². The SMILES string of the molecule is CNC(=O)c1cnc(N2CCN([C@@H](C)c3ccc4c(c3)OCO4)CC2)nc1.[Li]. The number of nitrogens with one attached hydrogen (secondary N) is 1. The van der Waals surface area contributed by atoms with E-state index >= 15 is 0 Å². The zero-order valence-electron chi connectivity index (χ0n) is 16.5. The van der Waals surface area contributed by atoms with Gasteiger partial charge in [-0.3, -0.25) is 9.69 Å². The first-order valence-corrected chi connectivity index (χ1v) is 9.08. The van der Waals surface area contributed by atoms with Crippen LogP contribution < -0.4 is 19.7 Å². The smallest absolute Gasteiger partial charge is 0.254 e. The number of piperazine rings is 1. The van der Waals surface area contributed by atoms with Crippen LogP contribution in [-0.4, -0.2) is 79.7 Å². The molecule has 0 saturated carbocycles. The fourth-order valence-corrected chi connectivity index (χ4v) is 3.44. The Labute approximate surface area is 176 Å². The van der Waals surface area contributed by atoms with Crippen molar-refractivity contribution in [2.24, 2.45) is 0 Å². The van der Waals surface area contributed by atoms with E-state index in [2.05, 4.69) is 44.1 Å². The van der Waals surface area contributed by atoms with Crippen LogP contribution in [0.1, 0.15) is 28.9 Å². The Bertz CT molecular complexity index is 825. The minimum absolute atomic E-state index is 0. The molecule has 143 valence electrons. The number of hydrogen-bond donors (Lipinski definition) is 1. The molecule has 0 bridgehead atoms. The van der Waals surface area contributed by atoms with E-state index in [4.69, 9.17) is 9.47 Å². The average molecular weight is 376 g/mol. The van der Waals surface area contributed by atoms with Gasteiger partial charge in [-0.05, 0) is 24.6 Å². The van der Waals surface area contributed by atoms with Crippen molar-refractivity contribution >= 4 is 30.7 Å². The van der Waals surface area contributed by atoms with Crippen LogP contribution in [0.5, 0.6) is 11.5 Å². The molecule has 1 aromatic heterocycles. The molecule has 9 heteroatoms. The molecule has 1 amide bonds. The summed E-state index contributed by atoms with van der Waals surface area (Å²) in [6, 6.07) is 6.44. The number of anilines is 1. The van der Waals surface area contributed by atoms with Crippen LogP contribution in [0.15, 0.2) is 30.6 Å². The Morgan fingerprint density at radius 3 is 2.46 bits per heavy atom. The van der Waals surface area contributed by atoms with Crippen LogP contribution in [0.25, 0.3) is 0 Å². The van der Waals surface area contributed by atoms with Crippen molar-refractivity contribution in [3.8, 4) is 11.5 Å². The number of hydrogen-bond acceptors (Lipinski definition) is 7. The molecule has 4 rings (SSSR count). The first kappa shape index (κ1) is 20.5. The Balaban J connectivity index is 0.00000225. The fourth-order valence-electron chi connectivity index (χ4n) is 3.44. The van der Waals surface area contributed by atoms with Crippen molar-refractivity contribution in [3.63, 3.8) is 0 Å². The van der Waals surface area contributed by atoms with Crippen molar-refractivity contribution in [1.82, 2.24) is 20.2 Å². The third-order valence-corrected chi connectivity index (χ3v) is 5.15. The number of ether oxygens (including phenoxy) is 2. The van der Waals surface area contributed by atoms with E-state index in [0.717, 1.165) is 37.7 Å². The van der Waals surface area contributed by atoms with E-state index in [-0.39, 0.29) is 30.8 Å². The standard InChI is InChI=1S/C19H23N5O3.Li/c1-13(14-3-4-16-17(9-14)27-12-26-16)23-5-7-24(8-6-23)19-21-10-15(11-22-19)18(25)20-2;/h3-4,9-11,13H,5-8,12H2,1-2H3,(H,20,25);/t13-;/m0./s1. The van der Waals surface area contributed by atoms with Gasteiger partial charge in [0.15, 0.2) is 11.5 Å². The average Bonchev–Trinajstić information content (AvgIpc) is 3.21. The predicted octanol–water partition coefficient (Wildman–Crippen LogP) is 1.07. The number of rotatable bonds is 4. The number of carbonyl (C=O) groups excluding carboxylic acids is 1. The van der Waals surface area contributed by atoms with Crippen LogP contribution in [0.3, 0.4) is 0 Å². The van der Waals surface area contributed by atoms with Gasteiger partial charge >= 0.3 is 0 Å². The number of aromatic nitrogens is 2. The molecule has 0 spiro atoms. The van der Waals surface area contributed by atoms with E-state index in [9.17, 15) is 4.79 Å². The molecule has 28 heavy (non-hydrogen) atoms. The normalized spacial score (nSPS) is 17.0. The van der Waals surface area contributed by atoms with E-state index in [0.29, 0.717) is 18.3 Å². The molecule has 2 aliphatic heterocycles. The molecule has 1 N–H and O–H groups in total. The van der Waals surface area contributed by atoms with Crippen molar-refractivity contribution in [2.45, 2.75) is 13.0 Å². The largest absolute Gasteiger partial charge is 0.454 e. The number of carbonyl (C=O) groups is 1. The van der Waals surface area contributed by atoms with Crippen molar-refractivity contribution in [1.29, 1.82) is 0 Å². The summed E-state index contributed by atoms with van der Waals surface area (Å²) in [6.07, 6.45) is 3.14. The minimum atomic E-state index is -0.177. The molecule has 1 radical (unpaired) electrons. The Morgan fingerprint density at radius 1 is 1.11 bits per heavy atom. The molecule has 1 atom stereocenters. The summed E-state index contributed by atoms with van der Waals surface area (Å²) in [5.74, 6) is 2.12. The van der Waals surface area contributed by atoms with E-state index in [1.165, 1.54) is 5.56 Å². The molecule has 2 aliphatic rings. The molecule has 1 fully saturated rings. The van der Waals surface area contributed by atoms with Gasteiger partial charge in [-0.15, -0.1) is 0 Å². The van der Waals surface area contributed by atoms with Gasteiger partial charge in [-0.1, -0.05) is 6.07 Å². The second-order valence-electron chi connectivity index (χ2n) is 6.66. The van der Waals surface area contributed by atoms with Gasteiger partial charge < -0.3 is 19.7 Å². The van der Waals surface area contributed by atoms with Crippen LogP contribution in [0.2, 0.25) is 0 Å². The monoisotopic (exact) mass is 376 g/mol. The summed E-state index contributed by atoms with van der Waals surface area (Å²) in [5.41, 5.74) is 1.69. The van der Waals surface area contributed by atoms with Gasteiger partial charge in [0, 0.05) is 70.5 Å². The van der Waals surface area contributed by atoms with Gasteiger partial charge in [0.25, 0.3) is 5.91 Å². The van der Waals surface area contributed by atoms with Gasteiger partial charge in [0.2, 0.25) is 12.7 Å². The zero-order chi connectivity index (χ0) is 18.8. The van der Waals surface area contributed by atoms with Gasteiger partial charge in [-0.2, -0.15) is 0 Å². The summed E-state index contributed by atoms with van der Waals surface area (Å²) < 4.78 is 10.9. The van der Waals surface area contributed by atoms with Crippen LogP contribution in [-0.2, 0) is 0 Å². The summed E-state index contributed by atoms with van der Waals surface area (Å²) in [5, 5.41) is 2.57. The Hall–Kier alpha value is -2.27. The van der Waals surface area contributed by atoms with Crippen molar-refractivity contribution in [2.75, 3.05) is 44.9 Å². The molecular formula is C19H23LiN5O3. The second kappa shape index (κ2) is 8.82. The summed E-state index contributed by atoms with van der Waals surface area (Å²) in [4.78, 5) is 24.9. The second-order valence-corrected chi connectivity index (χ2v) is 6.66. The van der Waals surface area contributed by atoms with E-state index in [1.807, 2.05) is 6.07 Å². The van der Waals surface area contributed by atoms with E-state index in [1.54, 1.807) is 19.4 Å². The van der Waals surface area contributed by atoms with Gasteiger partial charge in [0.05, 0.1) is 5.56 Å². The topological polar surface area (TPSA) is 79.8 Å². The maximum Gasteiger partial charge on any atom is 0.254 e. The zero-order valence-corrected chi connectivity index (χ0v) is 16.5. The molecule has 3 heterocycles. The van der Waals surface area contributed by atoms with Crippen molar-refractivity contribution < 1.29 is 14.3 Å². The third-order valence-electron chi connectivity index (χ3n) is 5.15. The molecule has 8 nitrogen and oxygen atoms in total. The fraction of sp³-hybridized carbons (Fsp3) is 0.421. The van der Waals surface area contributed by atoms with Crippen molar-refractivity contribution in [3.05, 3.63) is 41.7 Å². The van der Waals surface area contributed by atoms with Crippen LogP contribution in [0.4, 0.5) is 5.95 Å². The molecule has 1 saturated heterocycles. The minimum Gasteiger partial charge on any atom is -0.454 e. The van der Waals surface area contributed by atoms with Crippen LogP contribution in [0, 0.1) is 0 Å². The van der Waals surface area contributed by atoms with Gasteiger partial charge in [-0.25, -0.2) is 9.97 Å². The maximum atomic E-state index is 11.6. The maximum absolute atomic E-state index is 11.6. The summed E-state index contributed by atoms with van der Waals surface area (Å²) in [7, 11) is 1.59. The predicted molar refractivity (Wildman–Crippen MR) is 106 cm³/mol. The first-order chi connectivity index (χ1) is 13.2. The number of fused-ring (bicyclic) bond motifs is 1. The number of amides is 1. The molecule has 0 aliphatic carbocycles. The molecule has 1 aromatic carbocycles. The molecular weight excluding hydrogens is 353 g/mol. The van der Waals surface area contributed by atoms with Crippen LogP contribution >= 0.6 is 0 Å². The Kier molecular flexibility index (Phi) is 6.45. The molecule has 0 unspecified atom stereocenters. The molecule has 2 aromatic rings. The summed E-state index contributed by atoms with van der Waals surface area (Å²) in [6.45, 7) is 6.02. The third kappa shape index (κ3) is 4.09. The summed E-state index contributed by atoms with van der Waals surface area (Å²) >= 11 is 0.